The minimum atomic E-state index is -4.84. The zero-order valence-electron chi connectivity index (χ0n) is 18.4. The zero-order valence-corrected chi connectivity index (χ0v) is 18.4. The molecule has 0 atom stereocenters. The van der Waals surface area contributed by atoms with Gasteiger partial charge in [-0.1, -0.05) is 44.7 Å². The zero-order chi connectivity index (χ0) is 23.6. The third kappa shape index (κ3) is 6.48. The van der Waals surface area contributed by atoms with Gasteiger partial charge in [0.2, 0.25) is 0 Å². The van der Waals surface area contributed by atoms with Crippen LogP contribution >= 0.6 is 0 Å². The first-order valence-corrected chi connectivity index (χ1v) is 9.77. The van der Waals surface area contributed by atoms with Crippen molar-refractivity contribution in [1.82, 2.24) is 0 Å². The maximum Gasteiger partial charge on any atom is 0.573 e. The van der Waals surface area contributed by atoms with Gasteiger partial charge in [0.1, 0.15) is 17.3 Å². The Balaban J connectivity index is 2.66. The number of benzene rings is 2. The van der Waals surface area contributed by atoms with E-state index < -0.39 is 11.8 Å². The quantitative estimate of drug-likeness (QED) is 0.371. The molecule has 1 N–H and O–H groups in total. The second kappa shape index (κ2) is 9.00. The summed E-state index contributed by atoms with van der Waals surface area (Å²) in [6, 6.07) is 8.04. The van der Waals surface area contributed by atoms with E-state index in [1.807, 2.05) is 39.8 Å². The Kier molecular flexibility index (Phi) is 7.04. The average molecular weight is 432 g/mol. The van der Waals surface area contributed by atoms with Crippen LogP contribution in [0.4, 0.5) is 13.2 Å². The van der Waals surface area contributed by atoms with E-state index in [1.165, 1.54) is 18.2 Å². The SMILES string of the molecule is C=C(O)/C=C/c1ccc(OC(F)(F)F)c(-c2cc(C)c(C(C)(C)CC(C)=O)cc2C)c1. The van der Waals surface area contributed by atoms with Crippen LogP contribution in [0.3, 0.4) is 0 Å². The number of hydrogen-bond donors (Lipinski definition) is 1. The van der Waals surface area contributed by atoms with Crippen LogP contribution < -0.4 is 4.74 Å². The fraction of sp³-hybridized carbons (Fsp3) is 0.320. The third-order valence-electron chi connectivity index (χ3n) is 4.98. The van der Waals surface area contributed by atoms with E-state index in [0.717, 1.165) is 16.7 Å². The van der Waals surface area contributed by atoms with Crippen molar-refractivity contribution >= 4 is 11.9 Å². The molecule has 3 nitrogen and oxygen atoms in total. The van der Waals surface area contributed by atoms with Crippen molar-refractivity contribution in [3.8, 4) is 16.9 Å². The van der Waals surface area contributed by atoms with Gasteiger partial charge < -0.3 is 9.84 Å². The number of rotatable bonds is 7. The minimum Gasteiger partial charge on any atom is -0.509 e. The van der Waals surface area contributed by atoms with Crippen molar-refractivity contribution in [2.45, 2.75) is 52.8 Å². The monoisotopic (exact) mass is 432 g/mol. The molecule has 0 amide bonds. The Morgan fingerprint density at radius 3 is 2.29 bits per heavy atom. The molecule has 2 aromatic carbocycles. The van der Waals surface area contributed by atoms with Crippen molar-refractivity contribution in [2.75, 3.05) is 0 Å². The molecular formula is C25H27F3O3. The first-order valence-electron chi connectivity index (χ1n) is 9.77. The Hall–Kier alpha value is -3.02. The van der Waals surface area contributed by atoms with Crippen LogP contribution in [0.1, 0.15) is 49.4 Å². The Labute approximate surface area is 180 Å². The number of ether oxygens (including phenoxy) is 1. The van der Waals surface area contributed by atoms with Gasteiger partial charge in [0.05, 0.1) is 0 Å². The van der Waals surface area contributed by atoms with Gasteiger partial charge in [0.25, 0.3) is 0 Å². The molecule has 0 saturated heterocycles. The van der Waals surface area contributed by atoms with E-state index in [0.29, 0.717) is 17.5 Å². The van der Waals surface area contributed by atoms with Crippen LogP contribution in [0.15, 0.2) is 48.7 Å². The van der Waals surface area contributed by atoms with E-state index in [4.69, 9.17) is 0 Å². The van der Waals surface area contributed by atoms with Crippen molar-refractivity contribution in [1.29, 1.82) is 0 Å². The summed E-state index contributed by atoms with van der Waals surface area (Å²) in [4.78, 5) is 11.7. The number of aryl methyl sites for hydroxylation is 2. The van der Waals surface area contributed by atoms with Crippen LogP contribution in [0.5, 0.6) is 5.75 Å². The van der Waals surface area contributed by atoms with Crippen molar-refractivity contribution in [3.63, 3.8) is 0 Å². The molecule has 0 heterocycles. The summed E-state index contributed by atoms with van der Waals surface area (Å²) in [6.45, 7) is 12.6. The van der Waals surface area contributed by atoms with Crippen molar-refractivity contribution in [3.05, 3.63) is 71.0 Å². The smallest absolute Gasteiger partial charge is 0.509 e. The van der Waals surface area contributed by atoms with E-state index in [-0.39, 0.29) is 22.9 Å². The summed E-state index contributed by atoms with van der Waals surface area (Å²) in [5, 5.41) is 9.28. The number of halogens is 3. The van der Waals surface area contributed by atoms with Gasteiger partial charge in [0.15, 0.2) is 0 Å². The Morgan fingerprint density at radius 1 is 1.10 bits per heavy atom. The first-order chi connectivity index (χ1) is 14.2. The van der Waals surface area contributed by atoms with Gasteiger partial charge in [-0.25, -0.2) is 0 Å². The Morgan fingerprint density at radius 2 is 1.74 bits per heavy atom. The van der Waals surface area contributed by atoms with E-state index in [9.17, 15) is 23.1 Å². The first kappa shape index (κ1) is 24.3. The second-order valence-electron chi connectivity index (χ2n) is 8.37. The highest BCUT2D eigenvalue weighted by atomic mass is 19.4. The van der Waals surface area contributed by atoms with Crippen LogP contribution in [0, 0.1) is 13.8 Å². The molecule has 0 saturated carbocycles. The maximum atomic E-state index is 13.0. The lowest BCUT2D eigenvalue weighted by Gasteiger charge is -2.27. The molecule has 0 aliphatic rings. The lowest BCUT2D eigenvalue weighted by molar-refractivity contribution is -0.274. The van der Waals surface area contributed by atoms with Crippen LogP contribution in [-0.2, 0) is 10.2 Å². The van der Waals surface area contributed by atoms with Crippen LogP contribution in [0.25, 0.3) is 17.2 Å². The number of aliphatic hydroxyl groups is 1. The van der Waals surface area contributed by atoms with E-state index in [2.05, 4.69) is 11.3 Å². The van der Waals surface area contributed by atoms with Gasteiger partial charge in [-0.3, -0.25) is 4.79 Å². The molecule has 2 rings (SSSR count). The molecule has 0 aliphatic carbocycles. The number of alkyl halides is 3. The van der Waals surface area contributed by atoms with Crippen LogP contribution in [0.2, 0.25) is 0 Å². The highest BCUT2D eigenvalue weighted by Crippen LogP contribution is 2.40. The summed E-state index contributed by atoms with van der Waals surface area (Å²) in [7, 11) is 0. The highest BCUT2D eigenvalue weighted by molar-refractivity contribution is 5.79. The molecule has 0 radical (unpaired) electrons. The number of allylic oxidation sites excluding steroid dienone is 1. The standard InChI is InChI=1S/C25H27F3O3/c1-15-12-22(24(5,6)14-18(4)30)16(2)11-20(15)21-13-19(8-7-17(3)29)9-10-23(21)31-25(26,27)28/h7-13,29H,3,14H2,1-2,4-6H3/b8-7+. The summed E-state index contributed by atoms with van der Waals surface area (Å²) in [6.07, 6.45) is -1.57. The maximum absolute atomic E-state index is 13.0. The van der Waals surface area contributed by atoms with Crippen molar-refractivity contribution < 1.29 is 27.8 Å². The van der Waals surface area contributed by atoms with Gasteiger partial charge in [-0.2, -0.15) is 0 Å². The molecule has 0 spiro atoms. The molecule has 166 valence electrons. The highest BCUT2D eigenvalue weighted by Gasteiger charge is 2.33. The van der Waals surface area contributed by atoms with Gasteiger partial charge >= 0.3 is 6.36 Å². The number of carbonyl (C=O) groups excluding carboxylic acids is 1. The summed E-state index contributed by atoms with van der Waals surface area (Å²) in [5.74, 6) is -0.413. The fourth-order valence-corrected chi connectivity index (χ4v) is 3.82. The molecule has 2 aromatic rings. The molecule has 0 aromatic heterocycles. The summed E-state index contributed by atoms with van der Waals surface area (Å²) < 4.78 is 43.3. The largest absolute Gasteiger partial charge is 0.573 e. The molecule has 0 bridgehead atoms. The predicted molar refractivity (Wildman–Crippen MR) is 117 cm³/mol. The summed E-state index contributed by atoms with van der Waals surface area (Å²) in [5.41, 5.74) is 3.65. The molecular weight excluding hydrogens is 405 g/mol. The lowest BCUT2D eigenvalue weighted by Crippen LogP contribution is -2.22. The number of carbonyl (C=O) groups is 1. The Bertz CT molecular complexity index is 1030. The molecule has 6 heteroatoms. The van der Waals surface area contributed by atoms with Gasteiger partial charge in [0, 0.05) is 12.0 Å². The molecule has 0 unspecified atom stereocenters. The van der Waals surface area contributed by atoms with E-state index >= 15 is 0 Å². The number of hydrogen-bond acceptors (Lipinski definition) is 3. The normalized spacial score (nSPS) is 12.3. The van der Waals surface area contributed by atoms with E-state index in [1.54, 1.807) is 19.1 Å². The third-order valence-corrected chi connectivity index (χ3v) is 4.98. The number of Topliss-reactive ketones (excluding diaryl/α,β-unsaturated/α-hetero) is 1. The predicted octanol–water partition coefficient (Wildman–Crippen LogP) is 7.21. The van der Waals surface area contributed by atoms with Gasteiger partial charge in [-0.05, 0) is 72.2 Å². The lowest BCUT2D eigenvalue weighted by atomic mass is 9.76. The fourth-order valence-electron chi connectivity index (χ4n) is 3.82. The molecule has 31 heavy (non-hydrogen) atoms. The van der Waals surface area contributed by atoms with Crippen molar-refractivity contribution in [2.24, 2.45) is 0 Å². The average Bonchev–Trinajstić information content (AvgIpc) is 2.60. The van der Waals surface area contributed by atoms with Gasteiger partial charge in [-0.15, -0.1) is 13.2 Å². The molecule has 0 fully saturated rings. The summed E-state index contributed by atoms with van der Waals surface area (Å²) >= 11 is 0. The number of ketones is 1. The molecule has 0 aliphatic heterocycles. The van der Waals surface area contributed by atoms with Crippen LogP contribution in [-0.4, -0.2) is 17.3 Å². The topological polar surface area (TPSA) is 46.5 Å². The number of aliphatic hydroxyl groups excluding tert-OH is 1. The minimum absolute atomic E-state index is 0.0666. The second-order valence-corrected chi connectivity index (χ2v) is 8.37.